The maximum absolute atomic E-state index is 5.87. The van der Waals surface area contributed by atoms with Crippen LogP contribution in [0.5, 0.6) is 0 Å². The lowest BCUT2D eigenvalue weighted by molar-refractivity contribution is -0.0837. The topological polar surface area (TPSA) is 21.3 Å². The molecular formula is C10H19NO. The highest BCUT2D eigenvalue weighted by atomic mass is 16.5. The first-order chi connectivity index (χ1) is 5.87. The SMILES string of the molecule is CC[C@@H]1CCCC[C@]12NCCO2. The van der Waals surface area contributed by atoms with Gasteiger partial charge < -0.3 is 4.74 Å². The molecular weight excluding hydrogens is 150 g/mol. The van der Waals surface area contributed by atoms with Crippen molar-refractivity contribution in [3.63, 3.8) is 0 Å². The molecule has 1 saturated carbocycles. The van der Waals surface area contributed by atoms with Crippen LogP contribution in [0.4, 0.5) is 0 Å². The highest BCUT2D eigenvalue weighted by molar-refractivity contribution is 4.91. The summed E-state index contributed by atoms with van der Waals surface area (Å²) in [5, 5.41) is 3.55. The van der Waals surface area contributed by atoms with Crippen LogP contribution >= 0.6 is 0 Å². The zero-order valence-corrected chi connectivity index (χ0v) is 7.94. The molecule has 2 nitrogen and oxygen atoms in total. The van der Waals surface area contributed by atoms with Crippen LogP contribution < -0.4 is 5.32 Å². The van der Waals surface area contributed by atoms with Crippen molar-refractivity contribution in [1.29, 1.82) is 0 Å². The van der Waals surface area contributed by atoms with E-state index in [-0.39, 0.29) is 5.72 Å². The van der Waals surface area contributed by atoms with Gasteiger partial charge in [0, 0.05) is 12.5 Å². The van der Waals surface area contributed by atoms with Gasteiger partial charge in [-0.15, -0.1) is 0 Å². The quantitative estimate of drug-likeness (QED) is 0.647. The molecule has 1 spiro atoms. The van der Waals surface area contributed by atoms with Crippen molar-refractivity contribution in [1.82, 2.24) is 5.32 Å². The second-order valence-electron chi connectivity index (χ2n) is 4.02. The molecule has 1 N–H and O–H groups in total. The first-order valence-corrected chi connectivity index (χ1v) is 5.26. The smallest absolute Gasteiger partial charge is 0.122 e. The molecule has 0 radical (unpaired) electrons. The summed E-state index contributed by atoms with van der Waals surface area (Å²) >= 11 is 0. The lowest BCUT2D eigenvalue weighted by Crippen LogP contribution is -2.49. The van der Waals surface area contributed by atoms with Crippen molar-refractivity contribution < 1.29 is 4.74 Å². The van der Waals surface area contributed by atoms with Crippen LogP contribution in [-0.4, -0.2) is 18.9 Å². The number of ether oxygens (including phenoxy) is 1. The van der Waals surface area contributed by atoms with Crippen molar-refractivity contribution in [3.05, 3.63) is 0 Å². The zero-order valence-electron chi connectivity index (χ0n) is 7.94. The highest BCUT2D eigenvalue weighted by Crippen LogP contribution is 2.38. The molecule has 12 heavy (non-hydrogen) atoms. The van der Waals surface area contributed by atoms with Crippen LogP contribution in [0.25, 0.3) is 0 Å². The molecule has 70 valence electrons. The second kappa shape index (κ2) is 3.35. The van der Waals surface area contributed by atoms with Crippen molar-refractivity contribution in [3.8, 4) is 0 Å². The molecule has 0 amide bonds. The summed E-state index contributed by atoms with van der Waals surface area (Å²) in [4.78, 5) is 0. The molecule has 2 fully saturated rings. The minimum absolute atomic E-state index is 0.0903. The van der Waals surface area contributed by atoms with Gasteiger partial charge in [-0.1, -0.05) is 13.3 Å². The average Bonchev–Trinajstić information content (AvgIpc) is 2.55. The Balaban J connectivity index is 2.07. The van der Waals surface area contributed by atoms with Gasteiger partial charge in [0.05, 0.1) is 6.61 Å². The van der Waals surface area contributed by atoms with Crippen LogP contribution in [0, 0.1) is 5.92 Å². The summed E-state index contributed by atoms with van der Waals surface area (Å²) in [6, 6.07) is 0. The number of rotatable bonds is 1. The van der Waals surface area contributed by atoms with Gasteiger partial charge in [0.2, 0.25) is 0 Å². The summed E-state index contributed by atoms with van der Waals surface area (Å²) in [7, 11) is 0. The summed E-state index contributed by atoms with van der Waals surface area (Å²) in [6.45, 7) is 4.24. The lowest BCUT2D eigenvalue weighted by atomic mass is 9.80. The van der Waals surface area contributed by atoms with Crippen molar-refractivity contribution >= 4 is 0 Å². The van der Waals surface area contributed by atoms with Crippen LogP contribution in [0.1, 0.15) is 39.0 Å². The van der Waals surface area contributed by atoms with Crippen molar-refractivity contribution in [2.24, 2.45) is 5.92 Å². The van der Waals surface area contributed by atoms with Gasteiger partial charge in [0.1, 0.15) is 5.72 Å². The summed E-state index contributed by atoms with van der Waals surface area (Å²) < 4.78 is 5.87. The van der Waals surface area contributed by atoms with Crippen LogP contribution in [0.15, 0.2) is 0 Å². The summed E-state index contributed by atoms with van der Waals surface area (Å²) in [5.74, 6) is 0.758. The third-order valence-electron chi connectivity index (χ3n) is 3.39. The molecule has 0 bridgehead atoms. The highest BCUT2D eigenvalue weighted by Gasteiger charge is 2.42. The predicted molar refractivity (Wildman–Crippen MR) is 48.9 cm³/mol. The van der Waals surface area contributed by atoms with Gasteiger partial charge in [-0.05, 0) is 25.7 Å². The molecule has 1 saturated heterocycles. The molecule has 2 rings (SSSR count). The average molecular weight is 169 g/mol. The maximum atomic E-state index is 5.87. The van der Waals surface area contributed by atoms with E-state index in [0.29, 0.717) is 0 Å². The van der Waals surface area contributed by atoms with E-state index in [1.165, 1.54) is 32.1 Å². The third-order valence-corrected chi connectivity index (χ3v) is 3.39. The van der Waals surface area contributed by atoms with Crippen molar-refractivity contribution in [2.45, 2.75) is 44.8 Å². The standard InChI is InChI=1S/C10H19NO/c1-2-9-5-3-4-6-10(9)11-7-8-12-10/h9,11H,2-8H2,1H3/t9-,10-/m1/s1. The Labute approximate surface area is 74.7 Å². The van der Waals surface area contributed by atoms with E-state index in [1.54, 1.807) is 0 Å². The van der Waals surface area contributed by atoms with Gasteiger partial charge >= 0.3 is 0 Å². The van der Waals surface area contributed by atoms with Crippen LogP contribution in [0.3, 0.4) is 0 Å². The molecule has 1 aliphatic heterocycles. The van der Waals surface area contributed by atoms with E-state index in [2.05, 4.69) is 12.2 Å². The zero-order chi connectivity index (χ0) is 8.44. The number of nitrogens with one attached hydrogen (secondary N) is 1. The molecule has 0 aromatic carbocycles. The normalized spacial score (nSPS) is 42.2. The van der Waals surface area contributed by atoms with E-state index in [1.807, 2.05) is 0 Å². The van der Waals surface area contributed by atoms with E-state index in [0.717, 1.165) is 19.1 Å². The summed E-state index contributed by atoms with van der Waals surface area (Å²) in [5.41, 5.74) is 0.0903. The predicted octanol–water partition coefficient (Wildman–Crippen LogP) is 1.90. The molecule has 0 aromatic heterocycles. The Bertz CT molecular complexity index is 152. The minimum atomic E-state index is 0.0903. The molecule has 1 heterocycles. The fraction of sp³-hybridized carbons (Fsp3) is 1.00. The number of hydrogen-bond donors (Lipinski definition) is 1. The molecule has 0 aromatic rings. The Kier molecular flexibility index (Phi) is 2.37. The monoisotopic (exact) mass is 169 g/mol. The van der Waals surface area contributed by atoms with Crippen LogP contribution in [-0.2, 0) is 4.74 Å². The van der Waals surface area contributed by atoms with Gasteiger partial charge in [-0.3, -0.25) is 5.32 Å². The molecule has 1 aliphatic carbocycles. The minimum Gasteiger partial charge on any atom is -0.359 e. The first kappa shape index (κ1) is 8.52. The fourth-order valence-electron chi connectivity index (χ4n) is 2.72. The summed E-state index contributed by atoms with van der Waals surface area (Å²) in [6.07, 6.45) is 6.57. The first-order valence-electron chi connectivity index (χ1n) is 5.26. The maximum Gasteiger partial charge on any atom is 0.122 e. The van der Waals surface area contributed by atoms with E-state index < -0.39 is 0 Å². The Hall–Kier alpha value is -0.0800. The Morgan fingerprint density at radius 3 is 3.08 bits per heavy atom. The van der Waals surface area contributed by atoms with E-state index in [4.69, 9.17) is 4.74 Å². The van der Waals surface area contributed by atoms with Crippen molar-refractivity contribution in [2.75, 3.05) is 13.2 Å². The van der Waals surface area contributed by atoms with Gasteiger partial charge in [0.15, 0.2) is 0 Å². The van der Waals surface area contributed by atoms with Gasteiger partial charge in [0.25, 0.3) is 0 Å². The second-order valence-corrected chi connectivity index (χ2v) is 4.02. The largest absolute Gasteiger partial charge is 0.359 e. The van der Waals surface area contributed by atoms with E-state index in [9.17, 15) is 0 Å². The van der Waals surface area contributed by atoms with Crippen LogP contribution in [0.2, 0.25) is 0 Å². The molecule has 2 heteroatoms. The Morgan fingerprint density at radius 1 is 1.50 bits per heavy atom. The lowest BCUT2D eigenvalue weighted by Gasteiger charge is -2.40. The fourth-order valence-corrected chi connectivity index (χ4v) is 2.72. The molecule has 2 atom stereocenters. The van der Waals surface area contributed by atoms with Gasteiger partial charge in [-0.25, -0.2) is 0 Å². The Morgan fingerprint density at radius 2 is 2.42 bits per heavy atom. The third kappa shape index (κ3) is 1.27. The van der Waals surface area contributed by atoms with Gasteiger partial charge in [-0.2, -0.15) is 0 Å². The molecule has 2 aliphatic rings. The number of hydrogen-bond acceptors (Lipinski definition) is 2. The molecule has 0 unspecified atom stereocenters. The van der Waals surface area contributed by atoms with E-state index >= 15 is 0 Å².